The highest BCUT2D eigenvalue weighted by Crippen LogP contribution is 2.15. The second-order valence-electron chi connectivity index (χ2n) is 4.13. The first kappa shape index (κ1) is 12.4. The molecule has 3 nitrogen and oxygen atoms in total. The number of hydrogen-bond donors (Lipinski definition) is 1. The van der Waals surface area contributed by atoms with Crippen LogP contribution in [-0.2, 0) is 9.53 Å². The molecule has 0 radical (unpaired) electrons. The molecule has 0 aliphatic rings. The zero-order valence-corrected chi connectivity index (χ0v) is 8.96. The Labute approximate surface area is 80.1 Å². The summed E-state index contributed by atoms with van der Waals surface area (Å²) in [7, 11) is 0. The van der Waals surface area contributed by atoms with E-state index in [2.05, 4.69) is 6.92 Å². The van der Waals surface area contributed by atoms with Crippen LogP contribution in [0.2, 0.25) is 0 Å². The number of rotatable bonds is 6. The van der Waals surface area contributed by atoms with E-state index < -0.39 is 5.97 Å². The maximum Gasteiger partial charge on any atom is 0.303 e. The molecule has 0 fully saturated rings. The lowest BCUT2D eigenvalue weighted by Crippen LogP contribution is -2.26. The van der Waals surface area contributed by atoms with Gasteiger partial charge in [0.2, 0.25) is 0 Å². The van der Waals surface area contributed by atoms with Crippen molar-refractivity contribution >= 4 is 5.97 Å². The predicted molar refractivity (Wildman–Crippen MR) is 51.7 cm³/mol. The lowest BCUT2D eigenvalue weighted by atomic mass is 10.1. The van der Waals surface area contributed by atoms with Gasteiger partial charge in [0.05, 0.1) is 18.6 Å². The first-order chi connectivity index (χ1) is 5.87. The van der Waals surface area contributed by atoms with Crippen molar-refractivity contribution in [3.8, 4) is 0 Å². The van der Waals surface area contributed by atoms with Crippen LogP contribution in [0.15, 0.2) is 0 Å². The van der Waals surface area contributed by atoms with Crippen LogP contribution in [0.3, 0.4) is 0 Å². The lowest BCUT2D eigenvalue weighted by molar-refractivity contribution is -0.139. The van der Waals surface area contributed by atoms with Crippen LogP contribution >= 0.6 is 0 Å². The molecule has 0 rings (SSSR count). The van der Waals surface area contributed by atoms with Gasteiger partial charge in [0.1, 0.15) is 0 Å². The van der Waals surface area contributed by atoms with Gasteiger partial charge in [-0.3, -0.25) is 4.79 Å². The highest BCUT2D eigenvalue weighted by Gasteiger charge is 2.17. The van der Waals surface area contributed by atoms with Crippen molar-refractivity contribution in [2.45, 2.75) is 46.1 Å². The third-order valence-corrected chi connectivity index (χ3v) is 2.13. The Morgan fingerprint density at radius 3 is 2.46 bits per heavy atom. The summed E-state index contributed by atoms with van der Waals surface area (Å²) in [6, 6.07) is 0. The molecule has 0 heterocycles. The second kappa shape index (κ2) is 5.22. The zero-order chi connectivity index (χ0) is 10.5. The molecule has 0 bridgehead atoms. The van der Waals surface area contributed by atoms with Gasteiger partial charge in [0, 0.05) is 0 Å². The molecule has 78 valence electrons. The second-order valence-corrected chi connectivity index (χ2v) is 4.13. The van der Waals surface area contributed by atoms with Gasteiger partial charge in [0.25, 0.3) is 0 Å². The number of aliphatic carboxylic acids is 1. The Morgan fingerprint density at radius 2 is 2.08 bits per heavy atom. The molecule has 0 amide bonds. The number of carboxylic acids is 1. The van der Waals surface area contributed by atoms with Gasteiger partial charge in [-0.1, -0.05) is 13.8 Å². The van der Waals surface area contributed by atoms with Gasteiger partial charge >= 0.3 is 5.97 Å². The molecule has 0 aromatic heterocycles. The quantitative estimate of drug-likeness (QED) is 0.695. The topological polar surface area (TPSA) is 46.5 Å². The molecule has 0 spiro atoms. The molecule has 13 heavy (non-hydrogen) atoms. The summed E-state index contributed by atoms with van der Waals surface area (Å²) in [4.78, 5) is 10.3. The fourth-order valence-corrected chi connectivity index (χ4v) is 0.827. The van der Waals surface area contributed by atoms with E-state index in [9.17, 15) is 4.79 Å². The molecule has 0 saturated carbocycles. The molecule has 1 N–H and O–H groups in total. The summed E-state index contributed by atoms with van der Waals surface area (Å²) >= 11 is 0. The van der Waals surface area contributed by atoms with Crippen molar-refractivity contribution in [2.24, 2.45) is 5.92 Å². The summed E-state index contributed by atoms with van der Waals surface area (Å²) in [6.45, 7) is 8.50. The largest absolute Gasteiger partial charge is 0.481 e. The molecule has 0 aliphatic heterocycles. The summed E-state index contributed by atoms with van der Waals surface area (Å²) in [6.07, 6.45) is 1.12. The number of hydrogen-bond acceptors (Lipinski definition) is 2. The number of carboxylic acid groups (broad SMARTS) is 1. The normalized spacial score (nSPS) is 14.2. The van der Waals surface area contributed by atoms with E-state index in [1.165, 1.54) is 0 Å². The average Bonchev–Trinajstić information content (AvgIpc) is 2.00. The molecule has 1 unspecified atom stereocenters. The Bertz CT molecular complexity index is 164. The third kappa shape index (κ3) is 6.58. The standard InChI is InChI=1S/C10H20O3/c1-5-10(3,4)13-7-8(2)6-9(11)12/h8H,5-7H2,1-4H3,(H,11,12). The fourth-order valence-electron chi connectivity index (χ4n) is 0.827. The maximum atomic E-state index is 10.3. The molecular weight excluding hydrogens is 168 g/mol. The van der Waals surface area contributed by atoms with Crippen LogP contribution in [-0.4, -0.2) is 23.3 Å². The minimum Gasteiger partial charge on any atom is -0.481 e. The third-order valence-electron chi connectivity index (χ3n) is 2.13. The van der Waals surface area contributed by atoms with E-state index in [-0.39, 0.29) is 17.9 Å². The molecule has 0 aromatic rings. The Kier molecular flexibility index (Phi) is 4.99. The SMILES string of the molecule is CCC(C)(C)OCC(C)CC(=O)O. The average molecular weight is 188 g/mol. The van der Waals surface area contributed by atoms with E-state index in [0.29, 0.717) is 6.61 Å². The summed E-state index contributed by atoms with van der Waals surface area (Å²) in [5.74, 6) is -0.672. The zero-order valence-electron chi connectivity index (χ0n) is 8.96. The van der Waals surface area contributed by atoms with E-state index in [1.54, 1.807) is 0 Å². The highest BCUT2D eigenvalue weighted by molar-refractivity contribution is 5.66. The first-order valence-corrected chi connectivity index (χ1v) is 4.73. The number of carbonyl (C=O) groups is 1. The van der Waals surface area contributed by atoms with Crippen molar-refractivity contribution in [1.29, 1.82) is 0 Å². The minimum atomic E-state index is -0.759. The van der Waals surface area contributed by atoms with Crippen molar-refractivity contribution in [1.82, 2.24) is 0 Å². The lowest BCUT2D eigenvalue weighted by Gasteiger charge is -2.25. The van der Waals surface area contributed by atoms with Crippen LogP contribution in [0, 0.1) is 5.92 Å². The molecule has 3 heteroatoms. The van der Waals surface area contributed by atoms with E-state index in [1.807, 2.05) is 20.8 Å². The molecular formula is C10H20O3. The Balaban J connectivity index is 3.69. The minimum absolute atomic E-state index is 0.0864. The summed E-state index contributed by atoms with van der Waals surface area (Å²) in [5, 5.41) is 8.51. The van der Waals surface area contributed by atoms with Gasteiger partial charge < -0.3 is 9.84 Å². The van der Waals surface area contributed by atoms with Crippen LogP contribution in [0.1, 0.15) is 40.5 Å². The van der Waals surface area contributed by atoms with Gasteiger partial charge in [-0.15, -0.1) is 0 Å². The summed E-state index contributed by atoms with van der Waals surface area (Å²) in [5.41, 5.74) is -0.132. The van der Waals surface area contributed by atoms with Gasteiger partial charge in [-0.2, -0.15) is 0 Å². The van der Waals surface area contributed by atoms with Crippen LogP contribution in [0.4, 0.5) is 0 Å². The monoisotopic (exact) mass is 188 g/mol. The Morgan fingerprint density at radius 1 is 1.54 bits per heavy atom. The first-order valence-electron chi connectivity index (χ1n) is 4.73. The smallest absolute Gasteiger partial charge is 0.303 e. The molecule has 0 saturated heterocycles. The van der Waals surface area contributed by atoms with E-state index >= 15 is 0 Å². The highest BCUT2D eigenvalue weighted by atomic mass is 16.5. The fraction of sp³-hybridized carbons (Fsp3) is 0.900. The van der Waals surface area contributed by atoms with Crippen LogP contribution < -0.4 is 0 Å². The maximum absolute atomic E-state index is 10.3. The van der Waals surface area contributed by atoms with Crippen molar-refractivity contribution < 1.29 is 14.6 Å². The van der Waals surface area contributed by atoms with Crippen molar-refractivity contribution in [3.63, 3.8) is 0 Å². The number of ether oxygens (including phenoxy) is 1. The summed E-state index contributed by atoms with van der Waals surface area (Å²) < 4.78 is 5.58. The van der Waals surface area contributed by atoms with Gasteiger partial charge in [-0.05, 0) is 26.2 Å². The van der Waals surface area contributed by atoms with Crippen LogP contribution in [0.25, 0.3) is 0 Å². The van der Waals surface area contributed by atoms with Crippen molar-refractivity contribution in [2.75, 3.05) is 6.61 Å². The Hall–Kier alpha value is -0.570. The van der Waals surface area contributed by atoms with E-state index in [4.69, 9.17) is 9.84 Å². The molecule has 0 aromatic carbocycles. The molecule has 1 atom stereocenters. The van der Waals surface area contributed by atoms with Gasteiger partial charge in [0.15, 0.2) is 0 Å². The predicted octanol–water partition coefficient (Wildman–Crippen LogP) is 2.30. The molecule has 0 aliphatic carbocycles. The van der Waals surface area contributed by atoms with Crippen molar-refractivity contribution in [3.05, 3.63) is 0 Å². The van der Waals surface area contributed by atoms with Gasteiger partial charge in [-0.25, -0.2) is 0 Å². The van der Waals surface area contributed by atoms with E-state index in [0.717, 1.165) is 6.42 Å². The van der Waals surface area contributed by atoms with Crippen LogP contribution in [0.5, 0.6) is 0 Å².